The van der Waals surface area contributed by atoms with Gasteiger partial charge in [0.2, 0.25) is 0 Å². The highest BCUT2D eigenvalue weighted by Crippen LogP contribution is 2.51. The van der Waals surface area contributed by atoms with Gasteiger partial charge in [-0.15, -0.1) is 0 Å². The fourth-order valence-electron chi connectivity index (χ4n) is 2.71. The molecular formula is C18H27N2O4P. The molecule has 25 heavy (non-hydrogen) atoms. The van der Waals surface area contributed by atoms with Crippen LogP contribution >= 0.6 is 7.60 Å². The van der Waals surface area contributed by atoms with E-state index < -0.39 is 7.60 Å². The van der Waals surface area contributed by atoms with Crippen LogP contribution in [-0.2, 0) is 24.6 Å². The van der Waals surface area contributed by atoms with E-state index in [9.17, 15) is 9.36 Å². The van der Waals surface area contributed by atoms with Crippen LogP contribution in [0.25, 0.3) is 0 Å². The SMILES string of the molecule is CCOP(=O)(Cc1ccc(NC(=O)C2=CCCN(C)C2)cc1)OCC. The Morgan fingerprint density at radius 1 is 1.20 bits per heavy atom. The predicted octanol–water partition coefficient (Wildman–Crippen LogP) is 3.65. The summed E-state index contributed by atoms with van der Waals surface area (Å²) in [6.45, 7) is 5.91. The van der Waals surface area contributed by atoms with Gasteiger partial charge in [0.25, 0.3) is 5.91 Å². The summed E-state index contributed by atoms with van der Waals surface area (Å²) in [5.74, 6) is -0.0754. The summed E-state index contributed by atoms with van der Waals surface area (Å²) in [4.78, 5) is 14.4. The molecule has 1 aromatic rings. The lowest BCUT2D eigenvalue weighted by Crippen LogP contribution is -2.30. The molecule has 0 fully saturated rings. The van der Waals surface area contributed by atoms with E-state index >= 15 is 0 Å². The molecule has 0 spiro atoms. The topological polar surface area (TPSA) is 67.9 Å². The maximum Gasteiger partial charge on any atom is 0.335 e. The molecular weight excluding hydrogens is 339 g/mol. The Morgan fingerprint density at radius 3 is 2.40 bits per heavy atom. The zero-order valence-corrected chi connectivity index (χ0v) is 16.1. The Labute approximate surface area is 149 Å². The Balaban J connectivity index is 1.98. The van der Waals surface area contributed by atoms with Crippen LogP contribution in [0.3, 0.4) is 0 Å². The minimum Gasteiger partial charge on any atom is -0.322 e. The van der Waals surface area contributed by atoms with Crippen molar-refractivity contribution in [1.82, 2.24) is 4.90 Å². The van der Waals surface area contributed by atoms with E-state index in [2.05, 4.69) is 10.2 Å². The summed E-state index contributed by atoms with van der Waals surface area (Å²) in [5, 5.41) is 2.91. The predicted molar refractivity (Wildman–Crippen MR) is 99.8 cm³/mol. The quantitative estimate of drug-likeness (QED) is 0.711. The van der Waals surface area contributed by atoms with Crippen LogP contribution in [0.15, 0.2) is 35.9 Å². The van der Waals surface area contributed by atoms with Gasteiger partial charge in [-0.25, -0.2) is 0 Å². The van der Waals surface area contributed by atoms with E-state index in [1.165, 1.54) is 0 Å². The highest BCUT2D eigenvalue weighted by Gasteiger charge is 2.24. The molecule has 2 rings (SSSR count). The molecule has 0 aromatic heterocycles. The van der Waals surface area contributed by atoms with Crippen LogP contribution in [0, 0.1) is 0 Å². The first-order valence-corrected chi connectivity index (χ1v) is 10.3. The number of anilines is 1. The normalized spacial score (nSPS) is 15.7. The number of carbonyl (C=O) groups is 1. The number of hydrogen-bond acceptors (Lipinski definition) is 5. The van der Waals surface area contributed by atoms with Gasteiger partial charge < -0.3 is 19.3 Å². The lowest BCUT2D eigenvalue weighted by molar-refractivity contribution is -0.113. The van der Waals surface area contributed by atoms with Crippen molar-refractivity contribution in [2.45, 2.75) is 26.4 Å². The van der Waals surface area contributed by atoms with Gasteiger partial charge in [0.15, 0.2) is 0 Å². The third-order valence-electron chi connectivity index (χ3n) is 3.87. The molecule has 6 nitrogen and oxygen atoms in total. The van der Waals surface area contributed by atoms with Crippen LogP contribution in [0.2, 0.25) is 0 Å². The number of amides is 1. The van der Waals surface area contributed by atoms with Crippen LogP contribution in [-0.4, -0.2) is 44.2 Å². The van der Waals surface area contributed by atoms with Crippen molar-refractivity contribution >= 4 is 19.2 Å². The number of hydrogen-bond donors (Lipinski definition) is 1. The van der Waals surface area contributed by atoms with Crippen molar-refractivity contribution in [3.63, 3.8) is 0 Å². The second-order valence-electron chi connectivity index (χ2n) is 6.01. The summed E-state index contributed by atoms with van der Waals surface area (Å²) in [6, 6.07) is 7.29. The van der Waals surface area contributed by atoms with Gasteiger partial charge in [0.1, 0.15) is 0 Å². The second-order valence-corrected chi connectivity index (χ2v) is 8.07. The average molecular weight is 366 g/mol. The molecule has 1 amide bonds. The molecule has 0 unspecified atom stereocenters. The van der Waals surface area contributed by atoms with Crippen LogP contribution in [0.5, 0.6) is 0 Å². The van der Waals surface area contributed by atoms with Gasteiger partial charge in [0.05, 0.1) is 19.4 Å². The molecule has 1 aromatic carbocycles. The van der Waals surface area contributed by atoms with E-state index in [-0.39, 0.29) is 12.1 Å². The zero-order valence-electron chi connectivity index (χ0n) is 15.2. The number of nitrogens with zero attached hydrogens (tertiary/aromatic N) is 1. The van der Waals surface area contributed by atoms with E-state index in [1.807, 2.05) is 37.4 Å². The molecule has 0 saturated carbocycles. The van der Waals surface area contributed by atoms with Gasteiger partial charge in [-0.2, -0.15) is 0 Å². The molecule has 0 aliphatic carbocycles. The number of rotatable bonds is 8. The summed E-state index contributed by atoms with van der Waals surface area (Å²) in [7, 11) is -1.11. The van der Waals surface area contributed by atoms with Crippen molar-refractivity contribution in [3.8, 4) is 0 Å². The smallest absolute Gasteiger partial charge is 0.322 e. The molecule has 1 aliphatic rings. The minimum absolute atomic E-state index is 0.0754. The maximum atomic E-state index is 12.6. The number of likely N-dealkylation sites (N-methyl/N-ethyl adjacent to an activating group) is 1. The van der Waals surface area contributed by atoms with E-state index in [4.69, 9.17) is 9.05 Å². The van der Waals surface area contributed by atoms with Crippen molar-refractivity contribution in [2.75, 3.05) is 38.7 Å². The zero-order chi connectivity index (χ0) is 18.3. The van der Waals surface area contributed by atoms with Crippen molar-refractivity contribution < 1.29 is 18.4 Å². The molecule has 1 aliphatic heterocycles. The minimum atomic E-state index is -3.11. The highest BCUT2D eigenvalue weighted by molar-refractivity contribution is 7.53. The fourth-order valence-corrected chi connectivity index (χ4v) is 4.41. The first-order valence-electron chi connectivity index (χ1n) is 8.61. The Hall–Kier alpha value is -1.46. The van der Waals surface area contributed by atoms with Crippen molar-refractivity contribution in [3.05, 3.63) is 41.5 Å². The largest absolute Gasteiger partial charge is 0.335 e. The summed E-state index contributed by atoms with van der Waals surface area (Å²) >= 11 is 0. The highest BCUT2D eigenvalue weighted by atomic mass is 31.2. The summed E-state index contributed by atoms with van der Waals surface area (Å²) < 4.78 is 23.2. The molecule has 138 valence electrons. The summed E-state index contributed by atoms with van der Waals surface area (Å²) in [5.41, 5.74) is 2.35. The average Bonchev–Trinajstić information content (AvgIpc) is 2.57. The lowest BCUT2D eigenvalue weighted by atomic mass is 10.1. The van der Waals surface area contributed by atoms with Crippen LogP contribution < -0.4 is 5.32 Å². The molecule has 0 radical (unpaired) electrons. The van der Waals surface area contributed by atoms with Crippen molar-refractivity contribution in [1.29, 1.82) is 0 Å². The van der Waals surface area contributed by atoms with Gasteiger partial charge >= 0.3 is 7.60 Å². The molecule has 0 saturated heterocycles. The Bertz CT molecular complexity index is 648. The second kappa shape index (κ2) is 9.30. The first-order chi connectivity index (χ1) is 12.0. The Morgan fingerprint density at radius 2 is 1.84 bits per heavy atom. The van der Waals surface area contributed by atoms with Crippen LogP contribution in [0.1, 0.15) is 25.8 Å². The maximum absolute atomic E-state index is 12.6. The lowest BCUT2D eigenvalue weighted by Gasteiger charge is -2.22. The van der Waals surface area contributed by atoms with Gasteiger partial charge in [0, 0.05) is 24.4 Å². The standard InChI is InChI=1S/C18H27N2O4P/c1-4-23-25(22,24-5-2)14-15-8-10-17(11-9-15)19-18(21)16-7-6-12-20(3)13-16/h7-11H,4-6,12-14H2,1-3H3,(H,19,21). The summed E-state index contributed by atoms with van der Waals surface area (Å²) in [6.07, 6.45) is 3.10. The van der Waals surface area contributed by atoms with E-state index in [0.717, 1.165) is 24.1 Å². The van der Waals surface area contributed by atoms with Gasteiger partial charge in [-0.1, -0.05) is 18.2 Å². The number of benzene rings is 1. The third-order valence-corrected chi connectivity index (χ3v) is 5.93. The number of nitrogens with one attached hydrogen (secondary N) is 1. The molecule has 1 N–H and O–H groups in total. The first kappa shape index (κ1) is 19.9. The Kier molecular flexibility index (Phi) is 7.38. The van der Waals surface area contributed by atoms with E-state index in [0.29, 0.717) is 25.4 Å². The van der Waals surface area contributed by atoms with Gasteiger partial charge in [-0.3, -0.25) is 9.36 Å². The fraction of sp³-hybridized carbons (Fsp3) is 0.500. The molecule has 1 heterocycles. The van der Waals surface area contributed by atoms with Gasteiger partial charge in [-0.05, 0) is 45.0 Å². The molecule has 7 heteroatoms. The monoisotopic (exact) mass is 366 g/mol. The number of carbonyl (C=O) groups excluding carboxylic acids is 1. The third kappa shape index (κ3) is 6.08. The molecule has 0 atom stereocenters. The van der Waals surface area contributed by atoms with Crippen LogP contribution in [0.4, 0.5) is 5.69 Å². The van der Waals surface area contributed by atoms with Crippen molar-refractivity contribution in [2.24, 2.45) is 0 Å². The van der Waals surface area contributed by atoms with E-state index in [1.54, 1.807) is 13.8 Å². The molecule has 0 bridgehead atoms.